The monoisotopic (exact) mass is 256 g/mol. The van der Waals surface area contributed by atoms with E-state index in [0.717, 1.165) is 45.6 Å². The quantitative estimate of drug-likeness (QED) is 0.770. The topological polar surface area (TPSA) is 44.7 Å². The van der Waals surface area contributed by atoms with Crippen LogP contribution in [0.15, 0.2) is 0 Å². The molecule has 2 aliphatic rings. The first-order chi connectivity index (χ1) is 8.78. The van der Waals surface area contributed by atoms with E-state index in [1.807, 2.05) is 0 Å². The molecule has 1 atom stereocenters. The molecule has 1 saturated carbocycles. The molecule has 18 heavy (non-hydrogen) atoms. The van der Waals surface area contributed by atoms with Crippen LogP contribution in [-0.2, 0) is 4.74 Å². The Balaban J connectivity index is 1.78. The Morgan fingerprint density at radius 1 is 1.33 bits per heavy atom. The van der Waals surface area contributed by atoms with Gasteiger partial charge >= 0.3 is 0 Å². The van der Waals surface area contributed by atoms with E-state index < -0.39 is 0 Å². The minimum absolute atomic E-state index is 0.0316. The van der Waals surface area contributed by atoms with Gasteiger partial charge in [-0.3, -0.25) is 4.90 Å². The Hall–Kier alpha value is -0.160. The number of aliphatic hydroxyl groups excluding tert-OH is 1. The zero-order valence-electron chi connectivity index (χ0n) is 11.7. The predicted molar refractivity (Wildman–Crippen MR) is 72.8 cm³/mol. The molecule has 0 bridgehead atoms. The van der Waals surface area contributed by atoms with Crippen LogP contribution < -0.4 is 5.32 Å². The summed E-state index contributed by atoms with van der Waals surface area (Å²) in [6.07, 6.45) is 6.28. The Labute approximate surface area is 111 Å². The molecule has 4 nitrogen and oxygen atoms in total. The fourth-order valence-corrected chi connectivity index (χ4v) is 3.14. The van der Waals surface area contributed by atoms with Crippen molar-refractivity contribution in [2.24, 2.45) is 0 Å². The van der Waals surface area contributed by atoms with Crippen molar-refractivity contribution in [3.05, 3.63) is 0 Å². The van der Waals surface area contributed by atoms with Gasteiger partial charge < -0.3 is 15.2 Å². The molecular weight excluding hydrogens is 228 g/mol. The normalized spacial score (nSPS) is 29.3. The minimum Gasteiger partial charge on any atom is -0.394 e. The molecule has 1 saturated heterocycles. The van der Waals surface area contributed by atoms with Crippen LogP contribution in [0.5, 0.6) is 0 Å². The number of nitrogens with zero attached hydrogens (tertiary/aromatic N) is 1. The third kappa shape index (κ3) is 3.67. The van der Waals surface area contributed by atoms with Gasteiger partial charge in [0.2, 0.25) is 0 Å². The second kappa shape index (κ2) is 6.85. The third-order valence-electron chi connectivity index (χ3n) is 4.49. The molecule has 0 aromatic rings. The Morgan fingerprint density at radius 2 is 2.11 bits per heavy atom. The third-order valence-corrected chi connectivity index (χ3v) is 4.49. The van der Waals surface area contributed by atoms with Crippen LogP contribution in [-0.4, -0.2) is 61.0 Å². The lowest BCUT2D eigenvalue weighted by Gasteiger charge is -2.39. The van der Waals surface area contributed by atoms with E-state index in [1.54, 1.807) is 0 Å². The summed E-state index contributed by atoms with van der Waals surface area (Å²) in [5.74, 6) is 0. The maximum Gasteiger partial charge on any atom is 0.0826 e. The molecule has 1 unspecified atom stereocenters. The fraction of sp³-hybridized carbons (Fsp3) is 1.00. The summed E-state index contributed by atoms with van der Waals surface area (Å²) in [4.78, 5) is 2.43. The summed E-state index contributed by atoms with van der Waals surface area (Å²) < 4.78 is 5.80. The first-order valence-corrected chi connectivity index (χ1v) is 7.48. The van der Waals surface area contributed by atoms with Crippen molar-refractivity contribution in [2.75, 3.05) is 39.4 Å². The van der Waals surface area contributed by atoms with Crippen LogP contribution >= 0.6 is 0 Å². The van der Waals surface area contributed by atoms with Gasteiger partial charge in [0.05, 0.1) is 19.3 Å². The Bertz CT molecular complexity index is 242. The molecule has 1 aliphatic carbocycles. The largest absolute Gasteiger partial charge is 0.394 e. The van der Waals surface area contributed by atoms with Crippen LogP contribution in [0.25, 0.3) is 0 Å². The van der Waals surface area contributed by atoms with E-state index >= 15 is 0 Å². The molecule has 2 fully saturated rings. The molecule has 0 aromatic heterocycles. The summed E-state index contributed by atoms with van der Waals surface area (Å²) in [6.45, 7) is 7.35. The molecule has 0 amide bonds. The lowest BCUT2D eigenvalue weighted by molar-refractivity contribution is -0.0319. The summed E-state index contributed by atoms with van der Waals surface area (Å²) in [7, 11) is 0. The molecule has 4 heteroatoms. The van der Waals surface area contributed by atoms with E-state index in [-0.39, 0.29) is 18.2 Å². The van der Waals surface area contributed by atoms with Crippen LogP contribution in [0.3, 0.4) is 0 Å². The first kappa shape index (κ1) is 14.3. The highest BCUT2D eigenvalue weighted by Gasteiger charge is 2.32. The number of ether oxygens (including phenoxy) is 1. The minimum atomic E-state index is -0.0316. The molecule has 0 aromatic carbocycles. The highest BCUT2D eigenvalue weighted by molar-refractivity contribution is 4.91. The van der Waals surface area contributed by atoms with Crippen molar-refractivity contribution >= 4 is 0 Å². The van der Waals surface area contributed by atoms with E-state index in [4.69, 9.17) is 4.74 Å². The van der Waals surface area contributed by atoms with Gasteiger partial charge in [0.25, 0.3) is 0 Å². The maximum absolute atomic E-state index is 9.66. The van der Waals surface area contributed by atoms with Crippen molar-refractivity contribution < 1.29 is 9.84 Å². The van der Waals surface area contributed by atoms with Crippen molar-refractivity contribution in [2.45, 2.75) is 50.7 Å². The van der Waals surface area contributed by atoms with E-state index in [9.17, 15) is 5.11 Å². The molecule has 106 valence electrons. The van der Waals surface area contributed by atoms with Gasteiger partial charge in [-0.05, 0) is 19.4 Å². The molecule has 1 heterocycles. The number of hydrogen-bond donors (Lipinski definition) is 2. The standard InChI is InChI=1S/C14H28N2O2/c1-2-16-8-9-18-13(11-16)10-15-14(12-17)6-4-3-5-7-14/h13,15,17H,2-12H2,1H3. The highest BCUT2D eigenvalue weighted by Crippen LogP contribution is 2.27. The van der Waals surface area contributed by atoms with Crippen molar-refractivity contribution in [1.82, 2.24) is 10.2 Å². The first-order valence-electron chi connectivity index (χ1n) is 7.48. The van der Waals surface area contributed by atoms with Gasteiger partial charge in [0, 0.05) is 25.2 Å². The van der Waals surface area contributed by atoms with E-state index in [0.29, 0.717) is 0 Å². The van der Waals surface area contributed by atoms with Gasteiger partial charge in [-0.15, -0.1) is 0 Å². The average Bonchev–Trinajstić information content (AvgIpc) is 2.46. The number of aliphatic hydroxyl groups is 1. The molecule has 0 spiro atoms. The van der Waals surface area contributed by atoms with Crippen LogP contribution in [0.4, 0.5) is 0 Å². The van der Waals surface area contributed by atoms with Crippen LogP contribution in [0, 0.1) is 0 Å². The number of nitrogens with one attached hydrogen (secondary N) is 1. The SMILES string of the molecule is CCN1CCOC(CNC2(CO)CCCCC2)C1. The van der Waals surface area contributed by atoms with Gasteiger partial charge in [0.1, 0.15) is 0 Å². The summed E-state index contributed by atoms with van der Waals surface area (Å²) in [5.41, 5.74) is -0.0316. The summed E-state index contributed by atoms with van der Waals surface area (Å²) >= 11 is 0. The average molecular weight is 256 g/mol. The second-order valence-electron chi connectivity index (χ2n) is 5.77. The van der Waals surface area contributed by atoms with E-state index in [1.165, 1.54) is 19.3 Å². The number of rotatable bonds is 5. The van der Waals surface area contributed by atoms with Crippen molar-refractivity contribution in [3.8, 4) is 0 Å². The second-order valence-corrected chi connectivity index (χ2v) is 5.77. The number of morpholine rings is 1. The molecular formula is C14H28N2O2. The number of hydrogen-bond acceptors (Lipinski definition) is 4. The predicted octanol–water partition coefficient (Wildman–Crippen LogP) is 0.992. The fourth-order valence-electron chi connectivity index (χ4n) is 3.14. The van der Waals surface area contributed by atoms with Gasteiger partial charge in [0.15, 0.2) is 0 Å². The zero-order chi connectivity index (χ0) is 12.8. The van der Waals surface area contributed by atoms with E-state index in [2.05, 4.69) is 17.1 Å². The van der Waals surface area contributed by atoms with Crippen molar-refractivity contribution in [1.29, 1.82) is 0 Å². The maximum atomic E-state index is 9.66. The van der Waals surface area contributed by atoms with Crippen LogP contribution in [0.2, 0.25) is 0 Å². The summed E-state index contributed by atoms with van der Waals surface area (Å²) in [6, 6.07) is 0. The molecule has 2 rings (SSSR count). The molecule has 2 N–H and O–H groups in total. The van der Waals surface area contributed by atoms with Gasteiger partial charge in [-0.1, -0.05) is 26.2 Å². The Morgan fingerprint density at radius 3 is 2.78 bits per heavy atom. The number of likely N-dealkylation sites (N-methyl/N-ethyl adjacent to an activating group) is 1. The van der Waals surface area contributed by atoms with Gasteiger partial charge in [-0.25, -0.2) is 0 Å². The Kier molecular flexibility index (Phi) is 5.42. The highest BCUT2D eigenvalue weighted by atomic mass is 16.5. The summed E-state index contributed by atoms with van der Waals surface area (Å²) in [5, 5.41) is 13.3. The van der Waals surface area contributed by atoms with Gasteiger partial charge in [-0.2, -0.15) is 0 Å². The lowest BCUT2D eigenvalue weighted by Crippen LogP contribution is -2.55. The van der Waals surface area contributed by atoms with Crippen molar-refractivity contribution in [3.63, 3.8) is 0 Å². The lowest BCUT2D eigenvalue weighted by atomic mass is 9.82. The van der Waals surface area contributed by atoms with Crippen LogP contribution in [0.1, 0.15) is 39.0 Å². The molecule has 0 radical (unpaired) electrons. The molecule has 1 aliphatic heterocycles. The zero-order valence-corrected chi connectivity index (χ0v) is 11.7. The smallest absolute Gasteiger partial charge is 0.0826 e.